The van der Waals surface area contributed by atoms with Gasteiger partial charge in [0.05, 0.1) is 6.61 Å². The van der Waals surface area contributed by atoms with E-state index in [0.717, 1.165) is 6.42 Å². The highest BCUT2D eigenvalue weighted by Gasteiger charge is 2.38. The molecule has 2 heterocycles. The molecule has 1 aliphatic rings. The molecule has 0 aliphatic carbocycles. The molecule has 1 fully saturated rings. The highest BCUT2D eigenvalue weighted by molar-refractivity contribution is 7.09. The van der Waals surface area contributed by atoms with Gasteiger partial charge in [0.15, 0.2) is 0 Å². The van der Waals surface area contributed by atoms with E-state index in [1.54, 1.807) is 11.3 Å². The van der Waals surface area contributed by atoms with E-state index in [4.69, 9.17) is 10.5 Å². The Balaban J connectivity index is 1.86. The van der Waals surface area contributed by atoms with Crippen LogP contribution in [0.5, 0.6) is 0 Å². The van der Waals surface area contributed by atoms with Crippen molar-refractivity contribution in [3.8, 4) is 0 Å². The van der Waals surface area contributed by atoms with Crippen molar-refractivity contribution in [1.82, 2.24) is 5.32 Å². The van der Waals surface area contributed by atoms with Crippen LogP contribution in [-0.2, 0) is 16.0 Å². The smallest absolute Gasteiger partial charge is 0.242 e. The topological polar surface area (TPSA) is 64.4 Å². The normalized spacial score (nSPS) is 25.8. The number of carbonyl (C=O) groups excluding carboxylic acids is 1. The van der Waals surface area contributed by atoms with Gasteiger partial charge in [-0.15, -0.1) is 11.3 Å². The molecule has 1 aromatic rings. The zero-order valence-corrected chi connectivity index (χ0v) is 10.8. The van der Waals surface area contributed by atoms with Crippen molar-refractivity contribution < 1.29 is 9.53 Å². The summed E-state index contributed by atoms with van der Waals surface area (Å²) in [6.07, 6.45) is 1.45. The molecule has 0 radical (unpaired) electrons. The molecule has 0 aromatic carbocycles. The van der Waals surface area contributed by atoms with Crippen LogP contribution >= 0.6 is 11.3 Å². The van der Waals surface area contributed by atoms with Crippen LogP contribution in [0.1, 0.15) is 18.2 Å². The lowest BCUT2D eigenvalue weighted by atomic mass is 9.98. The minimum absolute atomic E-state index is 0.0981. The zero-order chi connectivity index (χ0) is 12.3. The van der Waals surface area contributed by atoms with E-state index in [1.807, 2.05) is 18.4 Å². The molecule has 4 nitrogen and oxygen atoms in total. The molecule has 2 rings (SSSR count). The fourth-order valence-electron chi connectivity index (χ4n) is 1.91. The second-order valence-electron chi connectivity index (χ2n) is 4.62. The Hall–Kier alpha value is -0.910. The first-order valence-corrected chi connectivity index (χ1v) is 6.68. The fourth-order valence-corrected chi connectivity index (χ4v) is 2.74. The van der Waals surface area contributed by atoms with Crippen LogP contribution in [0.25, 0.3) is 0 Å². The van der Waals surface area contributed by atoms with Crippen LogP contribution < -0.4 is 11.1 Å². The van der Waals surface area contributed by atoms with E-state index < -0.39 is 5.54 Å². The average molecular weight is 254 g/mol. The minimum atomic E-state index is -0.830. The largest absolute Gasteiger partial charge is 0.379 e. The van der Waals surface area contributed by atoms with Crippen LogP contribution in [0.3, 0.4) is 0 Å². The number of ether oxygens (including phenoxy) is 1. The molecule has 1 aliphatic heterocycles. The van der Waals surface area contributed by atoms with Crippen LogP contribution in [0.2, 0.25) is 0 Å². The maximum absolute atomic E-state index is 12.0. The van der Waals surface area contributed by atoms with Crippen molar-refractivity contribution in [2.24, 2.45) is 5.73 Å². The third kappa shape index (κ3) is 3.06. The zero-order valence-electron chi connectivity index (χ0n) is 9.94. The summed E-state index contributed by atoms with van der Waals surface area (Å²) in [7, 11) is 0. The molecule has 94 valence electrons. The molecular formula is C12H18N2O2S. The van der Waals surface area contributed by atoms with Crippen LogP contribution in [0.15, 0.2) is 17.5 Å². The molecule has 1 saturated heterocycles. The summed E-state index contributed by atoms with van der Waals surface area (Å²) in [5, 5.41) is 5.00. The average Bonchev–Trinajstić information content (AvgIpc) is 2.90. The van der Waals surface area contributed by atoms with Crippen molar-refractivity contribution in [2.45, 2.75) is 31.3 Å². The predicted molar refractivity (Wildman–Crippen MR) is 68.0 cm³/mol. The van der Waals surface area contributed by atoms with E-state index >= 15 is 0 Å². The van der Waals surface area contributed by atoms with Crippen molar-refractivity contribution in [3.05, 3.63) is 22.4 Å². The van der Waals surface area contributed by atoms with Gasteiger partial charge in [0.1, 0.15) is 5.54 Å². The summed E-state index contributed by atoms with van der Waals surface area (Å²) in [6, 6.07) is 4.19. The Labute approximate surface area is 105 Å². The Morgan fingerprint density at radius 1 is 1.76 bits per heavy atom. The summed E-state index contributed by atoms with van der Waals surface area (Å²) < 4.78 is 5.18. The summed E-state index contributed by atoms with van der Waals surface area (Å²) in [6.45, 7) is 2.89. The van der Waals surface area contributed by atoms with Gasteiger partial charge in [-0.2, -0.15) is 0 Å². The van der Waals surface area contributed by atoms with E-state index in [2.05, 4.69) is 11.4 Å². The molecule has 2 unspecified atom stereocenters. The number of rotatable bonds is 4. The second kappa shape index (κ2) is 5.16. The fraction of sp³-hybridized carbons (Fsp3) is 0.583. The van der Waals surface area contributed by atoms with Gasteiger partial charge in [-0.25, -0.2) is 0 Å². The number of nitrogens with two attached hydrogens (primary N) is 1. The second-order valence-corrected chi connectivity index (χ2v) is 5.65. The lowest BCUT2D eigenvalue weighted by Gasteiger charge is -2.23. The number of carbonyl (C=O) groups is 1. The van der Waals surface area contributed by atoms with E-state index in [1.165, 1.54) is 4.88 Å². The van der Waals surface area contributed by atoms with Gasteiger partial charge in [0.2, 0.25) is 5.91 Å². The number of hydrogen-bond donors (Lipinski definition) is 2. The minimum Gasteiger partial charge on any atom is -0.379 e. The van der Waals surface area contributed by atoms with Crippen LogP contribution in [0.4, 0.5) is 0 Å². The third-order valence-electron chi connectivity index (χ3n) is 2.97. The monoisotopic (exact) mass is 254 g/mol. The van der Waals surface area contributed by atoms with Crippen molar-refractivity contribution in [3.63, 3.8) is 0 Å². The summed E-state index contributed by atoms with van der Waals surface area (Å²) >= 11 is 1.70. The first-order valence-electron chi connectivity index (χ1n) is 5.80. The van der Waals surface area contributed by atoms with E-state index in [0.29, 0.717) is 19.6 Å². The number of thiophene rings is 1. The Kier molecular flexibility index (Phi) is 3.81. The molecular weight excluding hydrogens is 236 g/mol. The first-order chi connectivity index (χ1) is 8.10. The molecule has 0 spiro atoms. The summed E-state index contributed by atoms with van der Waals surface area (Å²) in [5.41, 5.74) is 5.16. The molecule has 1 amide bonds. The molecule has 0 bridgehead atoms. The SMILES string of the molecule is CC(Cc1cccs1)NC(=O)C1(N)CCOC1. The standard InChI is InChI=1S/C12H18N2O2S/c1-9(7-10-3-2-6-17-10)14-11(15)12(13)4-5-16-8-12/h2-3,6,9H,4-5,7-8,13H2,1H3,(H,14,15). The van der Waals surface area contributed by atoms with Gasteiger partial charge in [0.25, 0.3) is 0 Å². The first kappa shape index (κ1) is 12.5. The maximum Gasteiger partial charge on any atom is 0.242 e. The summed E-state index contributed by atoms with van der Waals surface area (Å²) in [4.78, 5) is 13.3. The quantitative estimate of drug-likeness (QED) is 0.839. The lowest BCUT2D eigenvalue weighted by Crippen LogP contribution is -2.56. The van der Waals surface area contributed by atoms with Gasteiger partial charge in [0, 0.05) is 23.9 Å². The van der Waals surface area contributed by atoms with Gasteiger partial charge >= 0.3 is 0 Å². The number of amides is 1. The van der Waals surface area contributed by atoms with Crippen molar-refractivity contribution >= 4 is 17.2 Å². The number of nitrogens with one attached hydrogen (secondary N) is 1. The molecule has 1 aromatic heterocycles. The van der Waals surface area contributed by atoms with E-state index in [9.17, 15) is 4.79 Å². The number of hydrogen-bond acceptors (Lipinski definition) is 4. The molecule has 3 N–H and O–H groups in total. The van der Waals surface area contributed by atoms with Gasteiger partial charge < -0.3 is 15.8 Å². The Bertz CT molecular complexity index is 372. The van der Waals surface area contributed by atoms with Gasteiger partial charge in [-0.3, -0.25) is 4.79 Å². The molecule has 17 heavy (non-hydrogen) atoms. The van der Waals surface area contributed by atoms with Crippen LogP contribution in [-0.4, -0.2) is 30.7 Å². The Morgan fingerprint density at radius 3 is 3.18 bits per heavy atom. The van der Waals surface area contributed by atoms with Crippen molar-refractivity contribution in [1.29, 1.82) is 0 Å². The molecule has 2 atom stereocenters. The maximum atomic E-state index is 12.0. The summed E-state index contributed by atoms with van der Waals surface area (Å²) in [5.74, 6) is -0.0981. The highest BCUT2D eigenvalue weighted by atomic mass is 32.1. The van der Waals surface area contributed by atoms with Gasteiger partial charge in [-0.05, 0) is 24.8 Å². The highest BCUT2D eigenvalue weighted by Crippen LogP contribution is 2.16. The predicted octanol–water partition coefficient (Wildman–Crippen LogP) is 0.913. The lowest BCUT2D eigenvalue weighted by molar-refractivity contribution is -0.126. The third-order valence-corrected chi connectivity index (χ3v) is 3.87. The molecule has 0 saturated carbocycles. The molecule has 5 heteroatoms. The van der Waals surface area contributed by atoms with Gasteiger partial charge in [-0.1, -0.05) is 6.07 Å². The van der Waals surface area contributed by atoms with Crippen LogP contribution in [0, 0.1) is 0 Å². The van der Waals surface area contributed by atoms with Crippen molar-refractivity contribution in [2.75, 3.05) is 13.2 Å². The van der Waals surface area contributed by atoms with E-state index in [-0.39, 0.29) is 11.9 Å². The Morgan fingerprint density at radius 2 is 2.59 bits per heavy atom.